The fourth-order valence-electron chi connectivity index (χ4n) is 9.15. The molecule has 4 rings (SSSR count). The maximum atomic E-state index is 10.3. The second-order valence-corrected chi connectivity index (χ2v) is 12.9. The van der Waals surface area contributed by atoms with Crippen molar-refractivity contribution in [1.29, 1.82) is 0 Å². The number of aliphatic hydroxyl groups is 1. The van der Waals surface area contributed by atoms with Crippen LogP contribution in [-0.2, 0) is 0 Å². The first-order valence-corrected chi connectivity index (χ1v) is 13.6. The van der Waals surface area contributed by atoms with E-state index in [-0.39, 0.29) is 6.10 Å². The van der Waals surface area contributed by atoms with Crippen LogP contribution in [0.5, 0.6) is 0 Å². The lowest BCUT2D eigenvalue weighted by Gasteiger charge is -2.57. The summed E-state index contributed by atoms with van der Waals surface area (Å²) in [5.41, 5.74) is 2.88. The van der Waals surface area contributed by atoms with Gasteiger partial charge < -0.3 is 5.11 Å². The minimum Gasteiger partial charge on any atom is -0.393 e. The molecule has 0 radical (unpaired) electrons. The van der Waals surface area contributed by atoms with Crippen molar-refractivity contribution in [2.24, 2.45) is 52.3 Å². The maximum absolute atomic E-state index is 10.3. The van der Waals surface area contributed by atoms with Crippen molar-refractivity contribution in [2.75, 3.05) is 0 Å². The van der Waals surface area contributed by atoms with Crippen LogP contribution in [0.25, 0.3) is 0 Å². The van der Waals surface area contributed by atoms with Crippen molar-refractivity contribution < 1.29 is 5.11 Å². The highest BCUT2D eigenvalue weighted by Crippen LogP contribution is 2.67. The molecule has 0 heterocycles. The smallest absolute Gasteiger partial charge is 0.0543 e. The predicted molar refractivity (Wildman–Crippen MR) is 128 cm³/mol. The highest BCUT2D eigenvalue weighted by Gasteiger charge is 2.58. The van der Waals surface area contributed by atoms with Crippen LogP contribution in [0.3, 0.4) is 0 Å². The summed E-state index contributed by atoms with van der Waals surface area (Å²) in [6.07, 6.45) is 17.2. The van der Waals surface area contributed by atoms with Gasteiger partial charge in [0.2, 0.25) is 0 Å². The number of allylic oxidation sites excluding steroid dienone is 2. The molecule has 0 aromatic carbocycles. The van der Waals surface area contributed by atoms with Gasteiger partial charge in [-0.05, 0) is 110 Å². The van der Waals surface area contributed by atoms with E-state index in [1.807, 2.05) is 5.57 Å². The van der Waals surface area contributed by atoms with Crippen LogP contribution in [0.2, 0.25) is 0 Å². The van der Waals surface area contributed by atoms with Crippen LogP contribution in [0.1, 0.15) is 112 Å². The number of aliphatic hydroxyl groups excluding tert-OH is 1. The molecule has 3 fully saturated rings. The molecule has 172 valence electrons. The van der Waals surface area contributed by atoms with E-state index in [0.29, 0.717) is 10.8 Å². The summed E-state index contributed by atoms with van der Waals surface area (Å²) in [4.78, 5) is 0. The monoisotopic (exact) mass is 414 g/mol. The zero-order valence-corrected chi connectivity index (χ0v) is 20.9. The minimum atomic E-state index is -0.0404. The molecule has 3 saturated carbocycles. The van der Waals surface area contributed by atoms with Gasteiger partial charge in [-0.2, -0.15) is 0 Å². The molecule has 1 unspecified atom stereocenters. The van der Waals surface area contributed by atoms with E-state index in [1.165, 1.54) is 57.8 Å². The fourth-order valence-corrected chi connectivity index (χ4v) is 9.15. The Balaban J connectivity index is 1.48. The molecule has 0 aliphatic heterocycles. The van der Waals surface area contributed by atoms with E-state index >= 15 is 0 Å². The van der Waals surface area contributed by atoms with Gasteiger partial charge in [-0.15, -0.1) is 0 Å². The van der Waals surface area contributed by atoms with Crippen molar-refractivity contribution in [3.63, 3.8) is 0 Å². The first-order valence-electron chi connectivity index (χ1n) is 13.6. The largest absolute Gasteiger partial charge is 0.393 e. The van der Waals surface area contributed by atoms with E-state index in [9.17, 15) is 5.11 Å². The van der Waals surface area contributed by atoms with Crippen LogP contribution in [0.4, 0.5) is 0 Å². The summed E-state index contributed by atoms with van der Waals surface area (Å²) >= 11 is 0. The van der Waals surface area contributed by atoms with E-state index in [4.69, 9.17) is 0 Å². The van der Waals surface area contributed by atoms with Gasteiger partial charge in [0, 0.05) is 0 Å². The number of rotatable bonds is 6. The Morgan fingerprint density at radius 1 is 0.967 bits per heavy atom. The standard InChI is InChI=1S/C29H50O/c1-7-21(19(2)3)9-8-20(4)25-12-13-26-24-11-10-22-18-23(30)14-16-28(22,5)27(24)15-17-29(25,26)6/h11,19-23,25-27,30H,7-10,12-18H2,1-6H3/t20-,21+,22?,23+,25-,26+,27+,28+,29-/m1/s1. The lowest BCUT2D eigenvalue weighted by atomic mass is 9.47. The highest BCUT2D eigenvalue weighted by atomic mass is 16.3. The summed E-state index contributed by atoms with van der Waals surface area (Å²) in [5.74, 6) is 5.92. The van der Waals surface area contributed by atoms with Crippen LogP contribution in [0, 0.1) is 52.3 Å². The van der Waals surface area contributed by atoms with Crippen LogP contribution < -0.4 is 0 Å². The Morgan fingerprint density at radius 3 is 2.37 bits per heavy atom. The molecule has 1 heteroatoms. The zero-order valence-electron chi connectivity index (χ0n) is 20.9. The Bertz CT molecular complexity index is 634. The fraction of sp³-hybridized carbons (Fsp3) is 0.931. The lowest BCUT2D eigenvalue weighted by molar-refractivity contribution is -0.0428. The number of fused-ring (bicyclic) bond motifs is 5. The molecule has 4 aliphatic carbocycles. The summed E-state index contributed by atoms with van der Waals surface area (Å²) in [7, 11) is 0. The molecule has 0 bridgehead atoms. The van der Waals surface area contributed by atoms with Crippen molar-refractivity contribution in [3.8, 4) is 0 Å². The Kier molecular flexibility index (Phi) is 6.53. The van der Waals surface area contributed by atoms with E-state index in [1.54, 1.807) is 0 Å². The second kappa shape index (κ2) is 8.57. The summed E-state index contributed by atoms with van der Waals surface area (Å²) in [5, 5.41) is 10.3. The Hall–Kier alpha value is -0.300. The SMILES string of the molecule is CC[C@@H](CC[C@@H](C)[C@H]1CC[C@H]2C3=CCC4C[C@@H](O)CC[C@]4(C)[C@H]3CC[C@]12C)C(C)C. The summed E-state index contributed by atoms with van der Waals surface area (Å²) < 4.78 is 0. The molecule has 0 spiro atoms. The van der Waals surface area contributed by atoms with Crippen molar-refractivity contribution in [3.05, 3.63) is 11.6 Å². The molecule has 9 atom stereocenters. The summed E-state index contributed by atoms with van der Waals surface area (Å²) in [6.45, 7) is 15.1. The van der Waals surface area contributed by atoms with Gasteiger partial charge >= 0.3 is 0 Å². The number of hydrogen-bond donors (Lipinski definition) is 1. The molecule has 1 nitrogen and oxygen atoms in total. The Labute approximate surface area is 187 Å². The van der Waals surface area contributed by atoms with Gasteiger partial charge in [0.25, 0.3) is 0 Å². The molecule has 0 saturated heterocycles. The molecule has 0 amide bonds. The molecule has 1 N–H and O–H groups in total. The van der Waals surface area contributed by atoms with E-state index in [0.717, 1.165) is 54.3 Å². The van der Waals surface area contributed by atoms with Gasteiger partial charge in [0.15, 0.2) is 0 Å². The highest BCUT2D eigenvalue weighted by molar-refractivity contribution is 5.27. The lowest BCUT2D eigenvalue weighted by Crippen LogP contribution is -2.49. The van der Waals surface area contributed by atoms with Crippen molar-refractivity contribution >= 4 is 0 Å². The molecule has 4 aliphatic rings. The van der Waals surface area contributed by atoms with E-state index in [2.05, 4.69) is 47.6 Å². The summed E-state index contributed by atoms with van der Waals surface area (Å²) in [6, 6.07) is 0. The Morgan fingerprint density at radius 2 is 1.67 bits per heavy atom. The third-order valence-corrected chi connectivity index (χ3v) is 11.3. The van der Waals surface area contributed by atoms with Crippen LogP contribution in [0.15, 0.2) is 11.6 Å². The first kappa shape index (κ1) is 22.9. The molecule has 0 aromatic heterocycles. The van der Waals surface area contributed by atoms with E-state index < -0.39 is 0 Å². The average molecular weight is 415 g/mol. The van der Waals surface area contributed by atoms with Gasteiger partial charge in [-0.25, -0.2) is 0 Å². The van der Waals surface area contributed by atoms with Gasteiger partial charge in [-0.1, -0.05) is 66.0 Å². The third-order valence-electron chi connectivity index (χ3n) is 11.3. The van der Waals surface area contributed by atoms with Crippen molar-refractivity contribution in [2.45, 2.75) is 118 Å². The maximum Gasteiger partial charge on any atom is 0.0543 e. The molecular formula is C29H50O. The van der Waals surface area contributed by atoms with Gasteiger partial charge in [0.05, 0.1) is 6.10 Å². The van der Waals surface area contributed by atoms with Crippen molar-refractivity contribution in [1.82, 2.24) is 0 Å². The van der Waals surface area contributed by atoms with Crippen LogP contribution in [-0.4, -0.2) is 11.2 Å². The topological polar surface area (TPSA) is 20.2 Å². The molecular weight excluding hydrogens is 364 g/mol. The quantitative estimate of drug-likeness (QED) is 0.436. The molecule has 0 aromatic rings. The molecule has 30 heavy (non-hydrogen) atoms. The average Bonchev–Trinajstić information content (AvgIpc) is 3.06. The minimum absolute atomic E-state index is 0.0404. The number of hydrogen-bond acceptors (Lipinski definition) is 1. The second-order valence-electron chi connectivity index (χ2n) is 12.9. The van der Waals surface area contributed by atoms with Gasteiger partial charge in [0.1, 0.15) is 0 Å². The normalized spacial score (nSPS) is 45.3. The first-order chi connectivity index (χ1) is 14.2. The zero-order chi connectivity index (χ0) is 21.7. The van der Waals surface area contributed by atoms with Crippen LogP contribution >= 0.6 is 0 Å². The predicted octanol–water partition coefficient (Wildman–Crippen LogP) is 8.02. The third kappa shape index (κ3) is 3.74. The van der Waals surface area contributed by atoms with Gasteiger partial charge in [-0.3, -0.25) is 0 Å².